The van der Waals surface area contributed by atoms with Crippen molar-refractivity contribution in [1.29, 1.82) is 0 Å². The van der Waals surface area contributed by atoms with E-state index < -0.39 is 0 Å². The van der Waals surface area contributed by atoms with Crippen LogP contribution in [0.2, 0.25) is 0 Å². The second-order valence-corrected chi connectivity index (χ2v) is 8.17. The standard InChI is InChI=1S/C24H28N2O3/c1-29-22-11-9-19(10-12-22)24(28)26-15-20(18-5-3-2-4-6-18)13-21(16-26)23(27)25-14-17-7-8-17/h2-6,9-12,17,20-21H,7-8,13-16H2,1H3,(H,25,27)/t20-,21-/m0/s1. The first-order valence-electron chi connectivity index (χ1n) is 10.4. The predicted octanol–water partition coefficient (Wildman–Crippen LogP) is 3.47. The largest absolute Gasteiger partial charge is 0.497 e. The van der Waals surface area contributed by atoms with Crippen molar-refractivity contribution in [1.82, 2.24) is 10.2 Å². The molecule has 0 radical (unpaired) electrons. The summed E-state index contributed by atoms with van der Waals surface area (Å²) in [7, 11) is 1.61. The van der Waals surface area contributed by atoms with Gasteiger partial charge in [0, 0.05) is 31.1 Å². The van der Waals surface area contributed by atoms with E-state index in [2.05, 4.69) is 17.4 Å². The first kappa shape index (κ1) is 19.5. The van der Waals surface area contributed by atoms with E-state index >= 15 is 0 Å². The van der Waals surface area contributed by atoms with Gasteiger partial charge in [0.2, 0.25) is 5.91 Å². The van der Waals surface area contributed by atoms with Crippen LogP contribution in [0.25, 0.3) is 0 Å². The molecular formula is C24H28N2O3. The van der Waals surface area contributed by atoms with E-state index in [1.165, 1.54) is 18.4 Å². The minimum absolute atomic E-state index is 0.0340. The average molecular weight is 392 g/mol. The van der Waals surface area contributed by atoms with Crippen LogP contribution in [0.4, 0.5) is 0 Å². The van der Waals surface area contributed by atoms with E-state index in [0.717, 1.165) is 18.7 Å². The molecule has 2 aliphatic rings. The summed E-state index contributed by atoms with van der Waals surface area (Å²) in [5.74, 6) is 1.38. The zero-order valence-electron chi connectivity index (χ0n) is 16.8. The van der Waals surface area contributed by atoms with Crippen LogP contribution in [-0.4, -0.2) is 43.5 Å². The van der Waals surface area contributed by atoms with Crippen LogP contribution in [0.1, 0.15) is 41.1 Å². The summed E-state index contributed by atoms with van der Waals surface area (Å²) in [5.41, 5.74) is 1.80. The molecule has 2 amide bonds. The molecule has 0 aromatic heterocycles. The summed E-state index contributed by atoms with van der Waals surface area (Å²) in [6, 6.07) is 17.4. The van der Waals surface area contributed by atoms with E-state index in [0.29, 0.717) is 24.6 Å². The second kappa shape index (κ2) is 8.68. The highest BCUT2D eigenvalue weighted by Crippen LogP contribution is 2.32. The number of likely N-dealkylation sites (tertiary alicyclic amines) is 1. The van der Waals surface area contributed by atoms with Gasteiger partial charge >= 0.3 is 0 Å². The van der Waals surface area contributed by atoms with E-state index in [9.17, 15) is 9.59 Å². The maximum atomic E-state index is 13.2. The number of benzene rings is 2. The highest BCUT2D eigenvalue weighted by molar-refractivity contribution is 5.95. The number of carbonyl (C=O) groups is 2. The number of amides is 2. The minimum atomic E-state index is -0.185. The van der Waals surface area contributed by atoms with Crippen LogP contribution < -0.4 is 10.1 Å². The molecule has 1 saturated heterocycles. The van der Waals surface area contributed by atoms with Crippen LogP contribution >= 0.6 is 0 Å². The number of nitrogens with zero attached hydrogens (tertiary/aromatic N) is 1. The van der Waals surface area contributed by atoms with E-state index in [4.69, 9.17) is 4.74 Å². The van der Waals surface area contributed by atoms with Gasteiger partial charge in [0.25, 0.3) is 5.91 Å². The SMILES string of the molecule is COc1ccc(C(=O)N2C[C@@H](C(=O)NCC3CC3)C[C@H](c3ccccc3)C2)cc1. The Kier molecular flexibility index (Phi) is 5.84. The summed E-state index contributed by atoms with van der Waals surface area (Å²) in [4.78, 5) is 27.8. The first-order valence-corrected chi connectivity index (χ1v) is 10.4. The number of ether oxygens (including phenoxy) is 1. The Morgan fingerprint density at radius 1 is 1.03 bits per heavy atom. The predicted molar refractivity (Wildman–Crippen MR) is 112 cm³/mol. The third-order valence-corrected chi connectivity index (χ3v) is 5.98. The number of carbonyl (C=O) groups excluding carboxylic acids is 2. The maximum absolute atomic E-state index is 13.2. The molecule has 2 atom stereocenters. The van der Waals surface area contributed by atoms with Gasteiger partial charge in [-0.25, -0.2) is 0 Å². The third-order valence-electron chi connectivity index (χ3n) is 5.98. The van der Waals surface area contributed by atoms with Crippen molar-refractivity contribution in [3.63, 3.8) is 0 Å². The quantitative estimate of drug-likeness (QED) is 0.819. The van der Waals surface area contributed by atoms with Gasteiger partial charge in [-0.2, -0.15) is 0 Å². The number of nitrogens with one attached hydrogen (secondary N) is 1. The molecule has 29 heavy (non-hydrogen) atoms. The lowest BCUT2D eigenvalue weighted by Gasteiger charge is -2.37. The Labute approximate surface area is 172 Å². The Morgan fingerprint density at radius 2 is 1.76 bits per heavy atom. The van der Waals surface area contributed by atoms with Gasteiger partial charge < -0.3 is 15.0 Å². The summed E-state index contributed by atoms with van der Waals surface area (Å²) < 4.78 is 5.19. The molecule has 5 nitrogen and oxygen atoms in total. The fraction of sp³-hybridized carbons (Fsp3) is 0.417. The average Bonchev–Trinajstić information content (AvgIpc) is 3.62. The van der Waals surface area contributed by atoms with E-state index in [1.54, 1.807) is 31.4 Å². The topological polar surface area (TPSA) is 58.6 Å². The smallest absolute Gasteiger partial charge is 0.253 e. The normalized spacial score (nSPS) is 21.5. The Morgan fingerprint density at radius 3 is 2.41 bits per heavy atom. The molecule has 1 aliphatic carbocycles. The van der Waals surface area contributed by atoms with Gasteiger partial charge in [-0.1, -0.05) is 30.3 Å². The lowest BCUT2D eigenvalue weighted by molar-refractivity contribution is -0.126. The van der Waals surface area contributed by atoms with Gasteiger partial charge in [-0.3, -0.25) is 9.59 Å². The number of methoxy groups -OCH3 is 1. The Bertz CT molecular complexity index is 846. The molecule has 2 fully saturated rings. The maximum Gasteiger partial charge on any atom is 0.253 e. The molecule has 1 saturated carbocycles. The zero-order chi connectivity index (χ0) is 20.2. The van der Waals surface area contributed by atoms with Gasteiger partial charge in [-0.05, 0) is 55.0 Å². The third kappa shape index (κ3) is 4.78. The van der Waals surface area contributed by atoms with Gasteiger partial charge in [0.15, 0.2) is 0 Å². The van der Waals surface area contributed by atoms with Crippen LogP contribution in [0.15, 0.2) is 54.6 Å². The summed E-state index contributed by atoms with van der Waals surface area (Å²) >= 11 is 0. The van der Waals surface area contributed by atoms with Crippen LogP contribution in [-0.2, 0) is 4.79 Å². The molecular weight excluding hydrogens is 364 g/mol. The first-order chi connectivity index (χ1) is 14.1. The van der Waals surface area contributed by atoms with Crippen molar-refractivity contribution >= 4 is 11.8 Å². The summed E-state index contributed by atoms with van der Waals surface area (Å²) in [6.45, 7) is 1.85. The Balaban J connectivity index is 1.52. The molecule has 0 unspecified atom stereocenters. The monoisotopic (exact) mass is 392 g/mol. The van der Waals surface area contributed by atoms with Crippen molar-refractivity contribution in [3.05, 3.63) is 65.7 Å². The van der Waals surface area contributed by atoms with Crippen molar-refractivity contribution in [2.45, 2.75) is 25.2 Å². The number of hydrogen-bond acceptors (Lipinski definition) is 3. The van der Waals surface area contributed by atoms with Crippen LogP contribution in [0.3, 0.4) is 0 Å². The lowest BCUT2D eigenvalue weighted by atomic mass is 9.83. The molecule has 0 bridgehead atoms. The van der Waals surface area contributed by atoms with Crippen LogP contribution in [0, 0.1) is 11.8 Å². The number of piperidine rings is 1. The molecule has 0 spiro atoms. The molecule has 2 aromatic carbocycles. The van der Waals surface area contributed by atoms with E-state index in [-0.39, 0.29) is 23.7 Å². The van der Waals surface area contributed by atoms with E-state index in [1.807, 2.05) is 23.1 Å². The molecule has 152 valence electrons. The molecule has 4 rings (SSSR count). The fourth-order valence-corrected chi connectivity index (χ4v) is 4.05. The van der Waals surface area contributed by atoms with Gasteiger partial charge in [0.1, 0.15) is 5.75 Å². The summed E-state index contributed by atoms with van der Waals surface area (Å²) in [6.07, 6.45) is 3.19. The fourth-order valence-electron chi connectivity index (χ4n) is 4.05. The highest BCUT2D eigenvalue weighted by atomic mass is 16.5. The molecule has 2 aromatic rings. The molecule has 5 heteroatoms. The van der Waals surface area contributed by atoms with Crippen molar-refractivity contribution in [2.24, 2.45) is 11.8 Å². The molecule has 1 N–H and O–H groups in total. The Hall–Kier alpha value is -2.82. The second-order valence-electron chi connectivity index (χ2n) is 8.17. The van der Waals surface area contributed by atoms with Crippen molar-refractivity contribution < 1.29 is 14.3 Å². The highest BCUT2D eigenvalue weighted by Gasteiger charge is 2.35. The van der Waals surface area contributed by atoms with Crippen molar-refractivity contribution in [2.75, 3.05) is 26.7 Å². The number of rotatable bonds is 6. The zero-order valence-corrected chi connectivity index (χ0v) is 16.8. The van der Waals surface area contributed by atoms with Crippen LogP contribution in [0.5, 0.6) is 5.75 Å². The minimum Gasteiger partial charge on any atom is -0.497 e. The van der Waals surface area contributed by atoms with Crippen molar-refractivity contribution in [3.8, 4) is 5.75 Å². The lowest BCUT2D eigenvalue weighted by Crippen LogP contribution is -2.48. The molecule has 1 heterocycles. The van der Waals surface area contributed by atoms with Gasteiger partial charge in [0.05, 0.1) is 13.0 Å². The number of hydrogen-bond donors (Lipinski definition) is 1. The molecule has 1 aliphatic heterocycles. The summed E-state index contributed by atoms with van der Waals surface area (Å²) in [5, 5.41) is 3.11. The van der Waals surface area contributed by atoms with Gasteiger partial charge in [-0.15, -0.1) is 0 Å².